The van der Waals surface area contributed by atoms with Crippen molar-refractivity contribution in [2.24, 2.45) is 0 Å². The molecule has 0 aliphatic carbocycles. The highest BCUT2D eigenvalue weighted by molar-refractivity contribution is 6.13. The first-order valence-corrected chi connectivity index (χ1v) is 14.1. The van der Waals surface area contributed by atoms with E-state index in [0.717, 1.165) is 44.7 Å². The van der Waals surface area contributed by atoms with Crippen molar-refractivity contribution in [3.8, 4) is 22.6 Å². The summed E-state index contributed by atoms with van der Waals surface area (Å²) in [7, 11) is 0. The van der Waals surface area contributed by atoms with Crippen molar-refractivity contribution in [3.05, 3.63) is 144 Å². The third-order valence-corrected chi connectivity index (χ3v) is 8.47. The molecule has 3 heterocycles. The number of pyridine rings is 1. The van der Waals surface area contributed by atoms with Crippen LogP contribution in [0.25, 0.3) is 71.1 Å². The van der Waals surface area contributed by atoms with E-state index in [4.69, 9.17) is 11.6 Å². The lowest BCUT2D eigenvalue weighted by atomic mass is 10.0. The van der Waals surface area contributed by atoms with Gasteiger partial charge in [-0.05, 0) is 60.9 Å². The first-order valence-electron chi connectivity index (χ1n) is 14.1. The van der Waals surface area contributed by atoms with E-state index >= 15 is 0 Å². The van der Waals surface area contributed by atoms with Crippen molar-refractivity contribution in [2.75, 3.05) is 0 Å². The fourth-order valence-electron chi connectivity index (χ4n) is 6.71. The van der Waals surface area contributed by atoms with Crippen LogP contribution in [0.5, 0.6) is 0 Å². The SMILES string of the molecule is [C-]#[N+]c1ccccc1-c1ccnc(-n2c3ccccc3c3c(C)cccc32)c1-n1c2ccccc2c2c(C)cccc21. The van der Waals surface area contributed by atoms with Gasteiger partial charge in [-0.2, -0.15) is 0 Å². The highest BCUT2D eigenvalue weighted by atomic mass is 15.1. The molecule has 0 atom stereocenters. The topological polar surface area (TPSA) is 27.1 Å². The van der Waals surface area contributed by atoms with E-state index in [1.807, 2.05) is 30.5 Å². The number of aryl methyl sites for hydroxylation is 2. The highest BCUT2D eigenvalue weighted by Gasteiger charge is 2.24. The molecule has 0 spiro atoms. The number of benzene rings is 5. The summed E-state index contributed by atoms with van der Waals surface area (Å²) < 4.78 is 4.65. The highest BCUT2D eigenvalue weighted by Crippen LogP contribution is 2.43. The molecule has 5 aromatic carbocycles. The van der Waals surface area contributed by atoms with E-state index in [1.54, 1.807) is 0 Å². The second kappa shape index (κ2) is 9.19. The molecule has 3 aromatic heterocycles. The molecule has 0 aliphatic rings. The van der Waals surface area contributed by atoms with Gasteiger partial charge in [-0.1, -0.05) is 84.9 Å². The summed E-state index contributed by atoms with van der Waals surface area (Å²) in [5.74, 6) is 0.827. The fourth-order valence-corrected chi connectivity index (χ4v) is 6.71. The van der Waals surface area contributed by atoms with E-state index < -0.39 is 0 Å². The van der Waals surface area contributed by atoms with Gasteiger partial charge in [0.25, 0.3) is 0 Å². The molecule has 4 nitrogen and oxygen atoms in total. The van der Waals surface area contributed by atoms with Crippen LogP contribution >= 0.6 is 0 Å². The molecular weight excluding hydrogens is 512 g/mol. The average molecular weight is 539 g/mol. The zero-order valence-corrected chi connectivity index (χ0v) is 23.3. The molecule has 42 heavy (non-hydrogen) atoms. The van der Waals surface area contributed by atoms with Gasteiger partial charge in [0.2, 0.25) is 0 Å². The van der Waals surface area contributed by atoms with E-state index in [9.17, 15) is 0 Å². The van der Waals surface area contributed by atoms with Gasteiger partial charge in [0.05, 0.1) is 34.3 Å². The van der Waals surface area contributed by atoms with Gasteiger partial charge in [-0.3, -0.25) is 4.57 Å². The molecule has 8 rings (SSSR count). The molecule has 0 aliphatic heterocycles. The second-order valence-electron chi connectivity index (χ2n) is 10.8. The largest absolute Gasteiger partial charge is 0.305 e. The fraction of sp³-hybridized carbons (Fsp3) is 0.0526. The number of rotatable bonds is 3. The number of fused-ring (bicyclic) bond motifs is 6. The maximum atomic E-state index is 8.00. The van der Waals surface area contributed by atoms with E-state index in [0.29, 0.717) is 5.69 Å². The summed E-state index contributed by atoms with van der Waals surface area (Å²) in [5, 5.41) is 4.85. The lowest BCUT2D eigenvalue weighted by Crippen LogP contribution is -2.08. The third-order valence-electron chi connectivity index (χ3n) is 8.47. The molecule has 198 valence electrons. The van der Waals surface area contributed by atoms with E-state index in [1.165, 1.54) is 32.7 Å². The molecule has 0 radical (unpaired) electrons. The Balaban J connectivity index is 1.63. The van der Waals surface area contributed by atoms with Crippen molar-refractivity contribution in [3.63, 3.8) is 0 Å². The molecule has 0 saturated heterocycles. The molecular formula is C38H26N4. The predicted octanol–water partition coefficient (Wildman–Crippen LogP) is 10.1. The molecule has 0 saturated carbocycles. The monoisotopic (exact) mass is 538 g/mol. The van der Waals surface area contributed by atoms with Gasteiger partial charge in [0, 0.05) is 33.3 Å². The first kappa shape index (κ1) is 24.2. The Morgan fingerprint density at radius 1 is 0.548 bits per heavy atom. The van der Waals surface area contributed by atoms with Crippen LogP contribution in [0, 0.1) is 20.4 Å². The summed E-state index contributed by atoms with van der Waals surface area (Å²) in [5.41, 5.74) is 10.3. The van der Waals surface area contributed by atoms with E-state index in [2.05, 4.69) is 119 Å². The number of hydrogen-bond donors (Lipinski definition) is 0. The smallest absolute Gasteiger partial charge is 0.194 e. The van der Waals surface area contributed by atoms with Crippen LogP contribution in [0.4, 0.5) is 5.69 Å². The number of nitrogens with zero attached hydrogens (tertiary/aromatic N) is 4. The summed E-state index contributed by atoms with van der Waals surface area (Å²) in [6.07, 6.45) is 1.88. The average Bonchev–Trinajstić information content (AvgIpc) is 3.55. The minimum Gasteiger partial charge on any atom is -0.305 e. The summed E-state index contributed by atoms with van der Waals surface area (Å²) in [4.78, 5) is 9.07. The Morgan fingerprint density at radius 2 is 1.10 bits per heavy atom. The Bertz CT molecular complexity index is 2400. The Labute approximate surface area is 243 Å². The molecule has 0 amide bonds. The first-order chi connectivity index (χ1) is 20.7. The summed E-state index contributed by atoms with van der Waals surface area (Å²) in [6, 6.07) is 40.1. The molecule has 0 unspecified atom stereocenters. The predicted molar refractivity (Wildman–Crippen MR) is 174 cm³/mol. The Hall–Kier alpha value is -5.66. The number of aromatic nitrogens is 3. The summed E-state index contributed by atoms with van der Waals surface area (Å²) >= 11 is 0. The van der Waals surface area contributed by atoms with Gasteiger partial charge >= 0.3 is 0 Å². The minimum atomic E-state index is 0.617. The third kappa shape index (κ3) is 3.31. The number of para-hydroxylation sites is 3. The van der Waals surface area contributed by atoms with Crippen LogP contribution in [0.1, 0.15) is 11.1 Å². The minimum absolute atomic E-state index is 0.617. The zero-order chi connectivity index (χ0) is 28.4. The van der Waals surface area contributed by atoms with Gasteiger partial charge in [0.1, 0.15) is 0 Å². The normalized spacial score (nSPS) is 11.5. The van der Waals surface area contributed by atoms with Gasteiger partial charge < -0.3 is 4.57 Å². The van der Waals surface area contributed by atoms with Crippen LogP contribution in [0.15, 0.2) is 121 Å². The second-order valence-corrected chi connectivity index (χ2v) is 10.8. The standard InChI is InChI=1S/C38H26N4/c1-24-12-10-20-33-35(24)28-15-5-8-18-31(28)41(33)37-27(26-14-4-7-17-30(26)39-3)22-23-40-38(37)42-32-19-9-6-16-29(32)36-25(2)13-11-21-34(36)42/h4-23H,1-2H3. The van der Waals surface area contributed by atoms with Crippen molar-refractivity contribution < 1.29 is 0 Å². The lowest BCUT2D eigenvalue weighted by molar-refractivity contribution is 1.03. The Kier molecular flexibility index (Phi) is 5.29. The zero-order valence-electron chi connectivity index (χ0n) is 23.3. The molecule has 0 fully saturated rings. The van der Waals surface area contributed by atoms with Crippen LogP contribution < -0.4 is 0 Å². The van der Waals surface area contributed by atoms with Crippen LogP contribution in [0.3, 0.4) is 0 Å². The van der Waals surface area contributed by atoms with Gasteiger partial charge in [-0.25, -0.2) is 9.83 Å². The quantitative estimate of drug-likeness (QED) is 0.206. The van der Waals surface area contributed by atoms with Crippen molar-refractivity contribution in [1.82, 2.24) is 14.1 Å². The van der Waals surface area contributed by atoms with Gasteiger partial charge in [-0.15, -0.1) is 0 Å². The van der Waals surface area contributed by atoms with Crippen molar-refractivity contribution >= 4 is 49.3 Å². The van der Waals surface area contributed by atoms with Crippen molar-refractivity contribution in [2.45, 2.75) is 13.8 Å². The lowest BCUT2D eigenvalue weighted by Gasteiger charge is -2.20. The maximum Gasteiger partial charge on any atom is 0.194 e. The number of hydrogen-bond acceptors (Lipinski definition) is 1. The maximum absolute atomic E-state index is 8.00. The van der Waals surface area contributed by atoms with Crippen LogP contribution in [0.2, 0.25) is 0 Å². The molecule has 8 aromatic rings. The Morgan fingerprint density at radius 3 is 1.76 bits per heavy atom. The molecule has 0 bridgehead atoms. The van der Waals surface area contributed by atoms with Crippen LogP contribution in [-0.2, 0) is 0 Å². The molecule has 4 heteroatoms. The van der Waals surface area contributed by atoms with Crippen molar-refractivity contribution in [1.29, 1.82) is 0 Å². The van der Waals surface area contributed by atoms with E-state index in [-0.39, 0.29) is 0 Å². The van der Waals surface area contributed by atoms with Gasteiger partial charge in [0.15, 0.2) is 11.5 Å². The van der Waals surface area contributed by atoms with Crippen LogP contribution in [-0.4, -0.2) is 14.1 Å². The molecule has 0 N–H and O–H groups in total. The summed E-state index contributed by atoms with van der Waals surface area (Å²) in [6.45, 7) is 12.3.